The Balaban J connectivity index is 0.000000631. The highest BCUT2D eigenvalue weighted by Crippen LogP contribution is 2.17. The monoisotopic (exact) mass is 248 g/mol. The minimum absolute atomic E-state index is 0.414. The van der Waals surface area contributed by atoms with E-state index in [-0.39, 0.29) is 0 Å². The Morgan fingerprint density at radius 3 is 2.22 bits per heavy atom. The van der Waals surface area contributed by atoms with Crippen molar-refractivity contribution in [2.45, 2.75) is 34.1 Å². The Kier molecular flexibility index (Phi) is 7.72. The SMILES string of the molecule is CCCN.Cc1ccc(C=CC(N)=O)c(C)c1C. The Morgan fingerprint density at radius 2 is 1.78 bits per heavy atom. The number of hydrogen-bond donors (Lipinski definition) is 2. The van der Waals surface area contributed by atoms with Crippen LogP contribution in [-0.4, -0.2) is 12.5 Å². The van der Waals surface area contributed by atoms with Gasteiger partial charge in [0.25, 0.3) is 0 Å². The van der Waals surface area contributed by atoms with E-state index in [9.17, 15) is 4.79 Å². The number of rotatable bonds is 3. The summed E-state index contributed by atoms with van der Waals surface area (Å²) in [4.78, 5) is 10.6. The number of amides is 1. The van der Waals surface area contributed by atoms with Crippen molar-refractivity contribution in [1.29, 1.82) is 0 Å². The molecule has 0 aliphatic heterocycles. The fraction of sp³-hybridized carbons (Fsp3) is 0.400. The van der Waals surface area contributed by atoms with E-state index in [0.717, 1.165) is 18.5 Å². The van der Waals surface area contributed by atoms with Crippen LogP contribution in [0.1, 0.15) is 35.6 Å². The first-order valence-corrected chi connectivity index (χ1v) is 6.18. The van der Waals surface area contributed by atoms with Gasteiger partial charge in [0.1, 0.15) is 0 Å². The molecule has 1 aromatic carbocycles. The quantitative estimate of drug-likeness (QED) is 0.807. The fourth-order valence-electron chi connectivity index (χ4n) is 1.33. The van der Waals surface area contributed by atoms with Crippen LogP contribution in [0.2, 0.25) is 0 Å². The second kappa shape index (κ2) is 8.48. The van der Waals surface area contributed by atoms with Gasteiger partial charge in [-0.05, 0) is 62.1 Å². The zero-order valence-electron chi connectivity index (χ0n) is 11.8. The van der Waals surface area contributed by atoms with Crippen molar-refractivity contribution < 1.29 is 4.79 Å². The number of aryl methyl sites for hydroxylation is 1. The van der Waals surface area contributed by atoms with E-state index in [2.05, 4.69) is 20.8 Å². The average molecular weight is 248 g/mol. The summed E-state index contributed by atoms with van der Waals surface area (Å²) in [6.45, 7) is 9.07. The van der Waals surface area contributed by atoms with Crippen LogP contribution in [0.3, 0.4) is 0 Å². The van der Waals surface area contributed by atoms with Crippen LogP contribution in [0.4, 0.5) is 0 Å². The lowest BCUT2D eigenvalue weighted by molar-refractivity contribution is -0.113. The van der Waals surface area contributed by atoms with E-state index < -0.39 is 5.91 Å². The summed E-state index contributed by atoms with van der Waals surface area (Å²) in [7, 11) is 0. The van der Waals surface area contributed by atoms with Crippen LogP contribution in [-0.2, 0) is 4.79 Å². The molecular weight excluding hydrogens is 224 g/mol. The highest BCUT2D eigenvalue weighted by molar-refractivity contribution is 5.90. The lowest BCUT2D eigenvalue weighted by Crippen LogP contribution is -2.05. The summed E-state index contributed by atoms with van der Waals surface area (Å²) in [5.41, 5.74) is 14.8. The molecule has 0 atom stereocenters. The van der Waals surface area contributed by atoms with Crippen LogP contribution in [0.5, 0.6) is 0 Å². The molecule has 0 saturated carbocycles. The highest BCUT2D eigenvalue weighted by Gasteiger charge is 2.00. The predicted octanol–water partition coefficient (Wildman–Crippen LogP) is 2.47. The molecule has 0 spiro atoms. The van der Waals surface area contributed by atoms with Gasteiger partial charge in [-0.25, -0.2) is 0 Å². The first kappa shape index (κ1) is 16.4. The van der Waals surface area contributed by atoms with Crippen molar-refractivity contribution in [3.8, 4) is 0 Å². The van der Waals surface area contributed by atoms with Gasteiger partial charge in [-0.1, -0.05) is 19.1 Å². The number of carbonyl (C=O) groups is 1. The molecule has 4 N–H and O–H groups in total. The number of primary amides is 1. The Bertz CT molecular complexity index is 421. The van der Waals surface area contributed by atoms with E-state index in [1.54, 1.807) is 6.08 Å². The molecule has 0 aromatic heterocycles. The normalized spacial score (nSPS) is 10.1. The Hall–Kier alpha value is -1.61. The number of carbonyl (C=O) groups excluding carboxylic acids is 1. The molecule has 1 rings (SSSR count). The minimum Gasteiger partial charge on any atom is -0.366 e. The number of benzene rings is 1. The molecule has 0 radical (unpaired) electrons. The van der Waals surface area contributed by atoms with Gasteiger partial charge in [0.15, 0.2) is 0 Å². The number of nitrogens with two attached hydrogens (primary N) is 2. The van der Waals surface area contributed by atoms with E-state index in [0.29, 0.717) is 0 Å². The zero-order valence-corrected chi connectivity index (χ0v) is 11.8. The standard InChI is InChI=1S/C12H15NO.C3H9N/c1-8-4-5-11(6-7-12(13)14)10(3)9(8)2;1-2-3-4/h4-7H,1-3H3,(H2,13,14);2-4H2,1H3. The largest absolute Gasteiger partial charge is 0.366 e. The topological polar surface area (TPSA) is 69.1 Å². The second-order valence-corrected chi connectivity index (χ2v) is 4.25. The molecule has 0 saturated heterocycles. The van der Waals surface area contributed by atoms with Crippen molar-refractivity contribution >= 4 is 12.0 Å². The molecule has 0 aliphatic carbocycles. The summed E-state index contributed by atoms with van der Waals surface area (Å²) < 4.78 is 0. The van der Waals surface area contributed by atoms with Gasteiger partial charge in [-0.15, -0.1) is 0 Å². The molecule has 0 bridgehead atoms. The summed E-state index contributed by atoms with van der Waals surface area (Å²) in [6.07, 6.45) is 4.24. The average Bonchev–Trinajstić information content (AvgIpc) is 2.35. The minimum atomic E-state index is -0.414. The summed E-state index contributed by atoms with van der Waals surface area (Å²) >= 11 is 0. The van der Waals surface area contributed by atoms with Crippen LogP contribution in [0, 0.1) is 20.8 Å². The molecule has 1 amide bonds. The van der Waals surface area contributed by atoms with Gasteiger partial charge in [0.05, 0.1) is 0 Å². The summed E-state index contributed by atoms with van der Waals surface area (Å²) in [5.74, 6) is -0.414. The van der Waals surface area contributed by atoms with Crippen LogP contribution >= 0.6 is 0 Å². The van der Waals surface area contributed by atoms with Gasteiger partial charge >= 0.3 is 0 Å². The van der Waals surface area contributed by atoms with E-state index in [1.807, 2.05) is 19.1 Å². The Labute approximate surface area is 110 Å². The van der Waals surface area contributed by atoms with E-state index in [4.69, 9.17) is 11.5 Å². The lowest BCUT2D eigenvalue weighted by atomic mass is 9.99. The van der Waals surface area contributed by atoms with Gasteiger partial charge in [0.2, 0.25) is 5.91 Å². The maximum Gasteiger partial charge on any atom is 0.241 e. The fourth-order valence-corrected chi connectivity index (χ4v) is 1.33. The first-order valence-electron chi connectivity index (χ1n) is 6.18. The van der Waals surface area contributed by atoms with E-state index in [1.165, 1.54) is 22.8 Å². The van der Waals surface area contributed by atoms with Crippen molar-refractivity contribution in [2.75, 3.05) is 6.54 Å². The summed E-state index contributed by atoms with van der Waals surface area (Å²) in [6, 6.07) is 4.04. The van der Waals surface area contributed by atoms with Crippen molar-refractivity contribution in [2.24, 2.45) is 11.5 Å². The van der Waals surface area contributed by atoms with Crippen molar-refractivity contribution in [3.63, 3.8) is 0 Å². The third-order valence-electron chi connectivity index (χ3n) is 2.82. The third kappa shape index (κ3) is 5.64. The molecule has 0 fully saturated rings. The van der Waals surface area contributed by atoms with Gasteiger partial charge in [-0.3, -0.25) is 4.79 Å². The van der Waals surface area contributed by atoms with Crippen LogP contribution in [0.15, 0.2) is 18.2 Å². The van der Waals surface area contributed by atoms with Crippen molar-refractivity contribution in [3.05, 3.63) is 40.5 Å². The van der Waals surface area contributed by atoms with Crippen LogP contribution in [0.25, 0.3) is 6.08 Å². The molecule has 3 nitrogen and oxygen atoms in total. The molecule has 18 heavy (non-hydrogen) atoms. The smallest absolute Gasteiger partial charge is 0.241 e. The lowest BCUT2D eigenvalue weighted by Gasteiger charge is -2.07. The van der Waals surface area contributed by atoms with Gasteiger partial charge < -0.3 is 11.5 Å². The zero-order chi connectivity index (χ0) is 14.1. The summed E-state index contributed by atoms with van der Waals surface area (Å²) in [5, 5.41) is 0. The van der Waals surface area contributed by atoms with Gasteiger partial charge in [0, 0.05) is 6.08 Å². The molecule has 100 valence electrons. The molecular formula is C15H24N2O. The Morgan fingerprint density at radius 1 is 1.22 bits per heavy atom. The maximum absolute atomic E-state index is 10.6. The highest BCUT2D eigenvalue weighted by atomic mass is 16.1. The molecule has 3 heteroatoms. The third-order valence-corrected chi connectivity index (χ3v) is 2.82. The molecule has 0 unspecified atom stereocenters. The molecule has 0 heterocycles. The first-order chi connectivity index (χ1) is 8.43. The maximum atomic E-state index is 10.6. The molecule has 1 aromatic rings. The van der Waals surface area contributed by atoms with Crippen molar-refractivity contribution in [1.82, 2.24) is 0 Å². The van der Waals surface area contributed by atoms with Gasteiger partial charge in [-0.2, -0.15) is 0 Å². The van der Waals surface area contributed by atoms with Crippen LogP contribution < -0.4 is 11.5 Å². The number of hydrogen-bond acceptors (Lipinski definition) is 2. The second-order valence-electron chi connectivity index (χ2n) is 4.25. The molecule has 0 aliphatic rings. The van der Waals surface area contributed by atoms with E-state index >= 15 is 0 Å². The predicted molar refractivity (Wildman–Crippen MR) is 78.2 cm³/mol.